The van der Waals surface area contributed by atoms with Crippen LogP contribution in [0.4, 0.5) is 14.5 Å². The Morgan fingerprint density at radius 3 is 2.48 bits per heavy atom. The molecular formula is C21H23F2N2O3S+. The molecule has 2 heterocycles. The minimum absolute atomic E-state index is 0.0673. The molecule has 2 aliphatic heterocycles. The Hall–Kier alpha value is -2.32. The van der Waals surface area contributed by atoms with E-state index in [9.17, 15) is 13.9 Å². The van der Waals surface area contributed by atoms with E-state index in [-0.39, 0.29) is 5.75 Å². The smallest absolute Gasteiger partial charge is 0.387 e. The van der Waals surface area contributed by atoms with Gasteiger partial charge in [-0.1, -0.05) is 0 Å². The first kappa shape index (κ1) is 20.0. The van der Waals surface area contributed by atoms with Crippen LogP contribution >= 0.6 is 11.8 Å². The second kappa shape index (κ2) is 8.20. The lowest BCUT2D eigenvalue weighted by atomic mass is 10.0. The van der Waals surface area contributed by atoms with Gasteiger partial charge in [-0.15, -0.1) is 0 Å². The monoisotopic (exact) mass is 421 g/mol. The van der Waals surface area contributed by atoms with Crippen LogP contribution in [-0.4, -0.2) is 46.9 Å². The summed E-state index contributed by atoms with van der Waals surface area (Å²) in [5.41, 5.74) is 0.148. The number of anilines is 1. The Morgan fingerprint density at radius 1 is 1.14 bits per heavy atom. The summed E-state index contributed by atoms with van der Waals surface area (Å²) in [5, 5.41) is 12.8. The predicted octanol–water partition coefficient (Wildman–Crippen LogP) is 3.86. The molecule has 5 nitrogen and oxygen atoms in total. The van der Waals surface area contributed by atoms with E-state index in [1.807, 2.05) is 36.1 Å². The first-order valence-corrected chi connectivity index (χ1v) is 10.6. The maximum atomic E-state index is 12.5. The number of rotatable bonds is 6. The zero-order valence-electron chi connectivity index (χ0n) is 16.1. The lowest BCUT2D eigenvalue weighted by Gasteiger charge is -2.28. The molecule has 1 atom stereocenters. The number of hydrogen-bond acceptors (Lipinski definition) is 5. The van der Waals surface area contributed by atoms with Gasteiger partial charge in [-0.3, -0.25) is 0 Å². The number of ether oxygens (including phenoxy) is 2. The van der Waals surface area contributed by atoms with Crippen molar-refractivity contribution in [1.29, 1.82) is 0 Å². The Labute approximate surface area is 172 Å². The minimum atomic E-state index is -2.88. The van der Waals surface area contributed by atoms with Crippen molar-refractivity contribution < 1.29 is 27.9 Å². The summed E-state index contributed by atoms with van der Waals surface area (Å²) in [5.74, 6) is 1.82. The molecular weight excluding hydrogens is 398 g/mol. The SMILES string of the molecule is CCOc1ccc(N2C3=[N+](CCCS3)C[C@]2(O)c2ccc(OC(F)F)cc2)cc1. The van der Waals surface area contributed by atoms with Gasteiger partial charge in [-0.25, -0.2) is 4.58 Å². The molecule has 2 aromatic rings. The predicted molar refractivity (Wildman–Crippen MR) is 109 cm³/mol. The number of hydrogen-bond donors (Lipinski definition) is 1. The highest BCUT2D eigenvalue weighted by atomic mass is 32.2. The van der Waals surface area contributed by atoms with Crippen molar-refractivity contribution in [3.63, 3.8) is 0 Å². The summed E-state index contributed by atoms with van der Waals surface area (Å²) < 4.78 is 37.1. The van der Waals surface area contributed by atoms with Gasteiger partial charge >= 0.3 is 11.8 Å². The zero-order valence-corrected chi connectivity index (χ0v) is 16.9. The third kappa shape index (κ3) is 3.91. The second-order valence-corrected chi connectivity index (χ2v) is 7.95. The molecule has 0 aromatic heterocycles. The van der Waals surface area contributed by atoms with Crippen LogP contribution in [0.5, 0.6) is 11.5 Å². The summed E-state index contributed by atoms with van der Waals surface area (Å²) in [6.07, 6.45) is 1.04. The van der Waals surface area contributed by atoms with Crippen LogP contribution in [-0.2, 0) is 5.72 Å². The molecule has 2 aliphatic rings. The van der Waals surface area contributed by atoms with E-state index >= 15 is 0 Å². The molecule has 29 heavy (non-hydrogen) atoms. The summed E-state index contributed by atoms with van der Waals surface area (Å²) in [7, 11) is 0. The van der Waals surface area contributed by atoms with Gasteiger partial charge in [-0.2, -0.15) is 13.7 Å². The van der Waals surface area contributed by atoms with Gasteiger partial charge in [0, 0.05) is 11.3 Å². The van der Waals surface area contributed by atoms with Gasteiger partial charge in [0.15, 0.2) is 6.54 Å². The maximum Gasteiger partial charge on any atom is 0.387 e. The quantitative estimate of drug-likeness (QED) is 0.718. The van der Waals surface area contributed by atoms with E-state index in [4.69, 9.17) is 4.74 Å². The number of thioether (sulfide) groups is 1. The van der Waals surface area contributed by atoms with Gasteiger partial charge in [0.2, 0.25) is 0 Å². The van der Waals surface area contributed by atoms with Crippen molar-refractivity contribution >= 4 is 22.6 Å². The first-order valence-electron chi connectivity index (χ1n) is 9.57. The normalized spacial score (nSPS) is 21.5. The van der Waals surface area contributed by atoms with Crippen molar-refractivity contribution in [2.75, 3.05) is 30.3 Å². The highest BCUT2D eigenvalue weighted by Crippen LogP contribution is 2.40. The summed E-state index contributed by atoms with van der Waals surface area (Å²) in [6.45, 7) is 0.904. The maximum absolute atomic E-state index is 12.5. The molecule has 0 bridgehead atoms. The number of nitrogens with zero attached hydrogens (tertiary/aromatic N) is 2. The molecule has 0 saturated heterocycles. The third-order valence-electron chi connectivity index (χ3n) is 4.99. The number of alkyl halides is 2. The standard InChI is InChI=1S/C21H23F2N2O3S/c1-2-27-17-10-6-16(7-11-17)25-20-24(12-3-13-29-20)14-21(25,26)15-4-8-18(9-5-15)28-19(22)23/h4-11,19,26H,2-3,12-14H2,1H3/q+1/t21-/m0/s1. The fourth-order valence-corrected chi connectivity index (χ4v) is 4.94. The number of aliphatic hydroxyl groups is 1. The van der Waals surface area contributed by atoms with Crippen LogP contribution in [0.1, 0.15) is 18.9 Å². The van der Waals surface area contributed by atoms with Gasteiger partial charge in [0.1, 0.15) is 17.2 Å². The molecule has 0 saturated carbocycles. The number of halogens is 2. The topological polar surface area (TPSA) is 44.9 Å². The van der Waals surface area contributed by atoms with Crippen LogP contribution in [0.2, 0.25) is 0 Å². The fourth-order valence-electron chi connectivity index (χ4n) is 3.76. The Morgan fingerprint density at radius 2 is 1.83 bits per heavy atom. The molecule has 8 heteroatoms. The summed E-state index contributed by atoms with van der Waals surface area (Å²) in [6, 6.07) is 13.8. The summed E-state index contributed by atoms with van der Waals surface area (Å²) in [4.78, 5) is 1.93. The molecule has 0 aliphatic carbocycles. The Balaban J connectivity index is 1.70. The van der Waals surface area contributed by atoms with Crippen molar-refractivity contribution in [1.82, 2.24) is 0 Å². The zero-order chi connectivity index (χ0) is 20.4. The van der Waals surface area contributed by atoms with Crippen molar-refractivity contribution in [2.45, 2.75) is 25.7 Å². The fraction of sp³-hybridized carbons (Fsp3) is 0.381. The van der Waals surface area contributed by atoms with Crippen molar-refractivity contribution in [3.8, 4) is 11.5 Å². The van der Waals surface area contributed by atoms with E-state index in [0.717, 1.165) is 35.3 Å². The van der Waals surface area contributed by atoms with Gasteiger partial charge in [0.25, 0.3) is 5.72 Å². The van der Waals surface area contributed by atoms with E-state index in [2.05, 4.69) is 9.31 Å². The minimum Gasteiger partial charge on any atom is -0.494 e. The van der Waals surface area contributed by atoms with Crippen LogP contribution in [0.3, 0.4) is 0 Å². The molecule has 0 radical (unpaired) electrons. The highest BCUT2D eigenvalue weighted by molar-refractivity contribution is 8.14. The molecule has 2 aromatic carbocycles. The van der Waals surface area contributed by atoms with Crippen LogP contribution < -0.4 is 14.4 Å². The van der Waals surface area contributed by atoms with Gasteiger partial charge < -0.3 is 14.6 Å². The highest BCUT2D eigenvalue weighted by Gasteiger charge is 2.55. The van der Waals surface area contributed by atoms with E-state index in [0.29, 0.717) is 18.7 Å². The van der Waals surface area contributed by atoms with Gasteiger partial charge in [0.05, 0.1) is 13.2 Å². The summed E-state index contributed by atoms with van der Waals surface area (Å²) >= 11 is 1.71. The van der Waals surface area contributed by atoms with Crippen molar-refractivity contribution in [3.05, 3.63) is 54.1 Å². The number of amidine groups is 1. The van der Waals surface area contributed by atoms with Crippen LogP contribution in [0.25, 0.3) is 0 Å². The van der Waals surface area contributed by atoms with Crippen molar-refractivity contribution in [2.24, 2.45) is 0 Å². The number of benzene rings is 2. The lowest BCUT2D eigenvalue weighted by molar-refractivity contribution is -0.532. The average molecular weight is 421 g/mol. The lowest BCUT2D eigenvalue weighted by Crippen LogP contribution is -2.46. The van der Waals surface area contributed by atoms with Crippen LogP contribution in [0, 0.1) is 0 Å². The third-order valence-corrected chi connectivity index (χ3v) is 6.19. The molecule has 0 fully saturated rings. The second-order valence-electron chi connectivity index (χ2n) is 6.89. The van der Waals surface area contributed by atoms with Gasteiger partial charge in [-0.05, 0) is 73.6 Å². The van der Waals surface area contributed by atoms with Crippen LogP contribution in [0.15, 0.2) is 48.5 Å². The Bertz CT molecular complexity index is 890. The van der Waals surface area contributed by atoms with E-state index < -0.39 is 12.3 Å². The molecule has 0 unspecified atom stereocenters. The van der Waals surface area contributed by atoms with E-state index in [1.165, 1.54) is 12.1 Å². The molecule has 0 amide bonds. The average Bonchev–Trinajstić information content (AvgIpc) is 3.02. The molecule has 154 valence electrons. The first-order chi connectivity index (χ1) is 14.0. The molecule has 1 N–H and O–H groups in total. The Kier molecular flexibility index (Phi) is 5.65. The largest absolute Gasteiger partial charge is 0.494 e. The molecule has 4 rings (SSSR count). The molecule has 0 spiro atoms. The van der Waals surface area contributed by atoms with E-state index in [1.54, 1.807) is 23.9 Å².